The molecular formula is C14H12ClNO4. The number of aromatic hydroxyl groups is 1. The zero-order valence-electron chi connectivity index (χ0n) is 10.7. The number of aromatic nitrogens is 1. The number of carbonyl (C=O) groups is 1. The summed E-state index contributed by atoms with van der Waals surface area (Å²) in [7, 11) is 1.20. The number of halogens is 1. The molecule has 0 spiro atoms. The average molecular weight is 294 g/mol. The molecule has 104 valence electrons. The first-order valence-corrected chi connectivity index (χ1v) is 6.16. The van der Waals surface area contributed by atoms with Crippen LogP contribution in [0.25, 0.3) is 0 Å². The van der Waals surface area contributed by atoms with Gasteiger partial charge in [-0.15, -0.1) is 0 Å². The van der Waals surface area contributed by atoms with Crippen LogP contribution in [0.15, 0.2) is 41.3 Å². The molecule has 0 unspecified atom stereocenters. The van der Waals surface area contributed by atoms with Crippen LogP contribution < -0.4 is 5.56 Å². The Morgan fingerprint density at radius 1 is 1.40 bits per heavy atom. The second-order valence-electron chi connectivity index (χ2n) is 4.12. The SMILES string of the molecule is COC(=O)c1cn(Cc2ccccc2Cl)c(=O)cc1O. The molecule has 1 aromatic heterocycles. The Bertz CT molecular complexity index is 709. The van der Waals surface area contributed by atoms with Gasteiger partial charge in [-0.2, -0.15) is 0 Å². The lowest BCUT2D eigenvalue weighted by Gasteiger charge is -2.10. The number of pyridine rings is 1. The lowest BCUT2D eigenvalue weighted by atomic mass is 10.2. The Hall–Kier alpha value is -2.27. The molecule has 6 heteroatoms. The highest BCUT2D eigenvalue weighted by Gasteiger charge is 2.14. The molecule has 0 bridgehead atoms. The minimum Gasteiger partial charge on any atom is -0.507 e. The van der Waals surface area contributed by atoms with Crippen molar-refractivity contribution in [1.82, 2.24) is 4.57 Å². The highest BCUT2D eigenvalue weighted by atomic mass is 35.5. The number of nitrogens with zero attached hydrogens (tertiary/aromatic N) is 1. The van der Waals surface area contributed by atoms with Crippen molar-refractivity contribution in [2.45, 2.75) is 6.54 Å². The molecule has 20 heavy (non-hydrogen) atoms. The summed E-state index contributed by atoms with van der Waals surface area (Å²) in [6.07, 6.45) is 1.26. The van der Waals surface area contributed by atoms with Crippen LogP contribution >= 0.6 is 11.6 Å². The average Bonchev–Trinajstić information content (AvgIpc) is 2.43. The van der Waals surface area contributed by atoms with E-state index in [1.54, 1.807) is 24.3 Å². The van der Waals surface area contributed by atoms with Gasteiger partial charge in [-0.1, -0.05) is 29.8 Å². The van der Waals surface area contributed by atoms with E-state index in [1.165, 1.54) is 17.9 Å². The molecule has 5 nitrogen and oxygen atoms in total. The molecule has 0 atom stereocenters. The molecule has 0 saturated heterocycles. The standard InChI is InChI=1S/C14H12ClNO4/c1-20-14(19)10-8-16(13(18)6-12(10)17)7-9-4-2-3-5-11(9)15/h2-6,8,17H,7H2,1H3. The lowest BCUT2D eigenvalue weighted by molar-refractivity contribution is 0.0596. The zero-order valence-corrected chi connectivity index (χ0v) is 11.4. The van der Waals surface area contributed by atoms with E-state index in [-0.39, 0.29) is 12.1 Å². The molecule has 2 rings (SSSR count). The van der Waals surface area contributed by atoms with Crippen molar-refractivity contribution < 1.29 is 14.6 Å². The van der Waals surface area contributed by atoms with Crippen LogP contribution in [0, 0.1) is 0 Å². The highest BCUT2D eigenvalue weighted by molar-refractivity contribution is 6.31. The number of ether oxygens (including phenoxy) is 1. The molecule has 2 aromatic rings. The van der Waals surface area contributed by atoms with Gasteiger partial charge in [-0.25, -0.2) is 4.79 Å². The van der Waals surface area contributed by atoms with Gasteiger partial charge in [-0.05, 0) is 11.6 Å². The number of hydrogen-bond acceptors (Lipinski definition) is 4. The van der Waals surface area contributed by atoms with E-state index in [0.717, 1.165) is 11.6 Å². The van der Waals surface area contributed by atoms with Gasteiger partial charge in [0.2, 0.25) is 0 Å². The van der Waals surface area contributed by atoms with Crippen molar-refractivity contribution >= 4 is 17.6 Å². The van der Waals surface area contributed by atoms with Crippen molar-refractivity contribution in [1.29, 1.82) is 0 Å². The molecular weight excluding hydrogens is 282 g/mol. The molecule has 0 aliphatic rings. The number of methoxy groups -OCH3 is 1. The molecule has 1 heterocycles. The summed E-state index contributed by atoms with van der Waals surface area (Å²) in [6, 6.07) is 8.05. The Morgan fingerprint density at radius 3 is 2.75 bits per heavy atom. The third-order valence-corrected chi connectivity index (χ3v) is 3.18. The smallest absolute Gasteiger partial charge is 0.343 e. The van der Waals surface area contributed by atoms with E-state index < -0.39 is 17.3 Å². The molecule has 1 N–H and O–H groups in total. The van der Waals surface area contributed by atoms with Gasteiger partial charge in [0.15, 0.2) is 0 Å². The largest absolute Gasteiger partial charge is 0.507 e. The fourth-order valence-electron chi connectivity index (χ4n) is 1.76. The number of hydrogen-bond donors (Lipinski definition) is 1. The Labute approximate surface area is 120 Å². The van der Waals surface area contributed by atoms with Gasteiger partial charge in [-0.3, -0.25) is 4.79 Å². The molecule has 1 aromatic carbocycles. The third-order valence-electron chi connectivity index (χ3n) is 2.81. The molecule has 0 saturated carbocycles. The van der Waals surface area contributed by atoms with Gasteiger partial charge in [0.25, 0.3) is 5.56 Å². The van der Waals surface area contributed by atoms with Crippen LogP contribution in [0.2, 0.25) is 5.02 Å². The van der Waals surface area contributed by atoms with Gasteiger partial charge >= 0.3 is 5.97 Å². The minimum atomic E-state index is -0.713. The van der Waals surface area contributed by atoms with Crippen LogP contribution in [0.3, 0.4) is 0 Å². The summed E-state index contributed by atoms with van der Waals surface area (Å²) < 4.78 is 5.83. The molecule has 0 radical (unpaired) electrons. The second kappa shape index (κ2) is 5.79. The van der Waals surface area contributed by atoms with E-state index in [2.05, 4.69) is 4.74 Å². The molecule has 0 aliphatic heterocycles. The van der Waals surface area contributed by atoms with Crippen molar-refractivity contribution in [2.24, 2.45) is 0 Å². The Balaban J connectivity index is 2.45. The maximum absolute atomic E-state index is 11.8. The maximum Gasteiger partial charge on any atom is 0.343 e. The summed E-state index contributed by atoms with van der Waals surface area (Å²) in [5.41, 5.74) is 0.229. The van der Waals surface area contributed by atoms with Crippen LogP contribution in [0.4, 0.5) is 0 Å². The lowest BCUT2D eigenvalue weighted by Crippen LogP contribution is -2.21. The number of rotatable bonds is 3. The molecule has 0 amide bonds. The normalized spacial score (nSPS) is 10.3. The number of esters is 1. The van der Waals surface area contributed by atoms with Crippen LogP contribution in [0.1, 0.15) is 15.9 Å². The first-order valence-electron chi connectivity index (χ1n) is 5.78. The predicted molar refractivity (Wildman–Crippen MR) is 74.3 cm³/mol. The van der Waals surface area contributed by atoms with Gasteiger partial charge in [0.1, 0.15) is 11.3 Å². The predicted octanol–water partition coefficient (Wildman–Crippen LogP) is 2.04. The van der Waals surface area contributed by atoms with E-state index in [9.17, 15) is 14.7 Å². The third kappa shape index (κ3) is 2.83. The van der Waals surface area contributed by atoms with E-state index in [1.807, 2.05) is 0 Å². The van der Waals surface area contributed by atoms with Crippen molar-refractivity contribution in [2.75, 3.05) is 7.11 Å². The summed E-state index contributed by atoms with van der Waals surface area (Å²) in [5.74, 6) is -1.12. The van der Waals surface area contributed by atoms with Crippen molar-refractivity contribution in [3.8, 4) is 5.75 Å². The fourth-order valence-corrected chi connectivity index (χ4v) is 1.96. The van der Waals surface area contributed by atoms with Gasteiger partial charge in [0, 0.05) is 17.3 Å². The van der Waals surface area contributed by atoms with Gasteiger partial charge in [0.05, 0.1) is 13.7 Å². The summed E-state index contributed by atoms with van der Waals surface area (Å²) in [6.45, 7) is 0.197. The molecule has 0 fully saturated rings. The minimum absolute atomic E-state index is 0.0702. The summed E-state index contributed by atoms with van der Waals surface area (Å²) >= 11 is 6.03. The quantitative estimate of drug-likeness (QED) is 0.879. The Kier molecular flexibility index (Phi) is 4.10. The van der Waals surface area contributed by atoms with Crippen molar-refractivity contribution in [3.63, 3.8) is 0 Å². The first kappa shape index (κ1) is 14.1. The maximum atomic E-state index is 11.8. The van der Waals surface area contributed by atoms with Crippen molar-refractivity contribution in [3.05, 3.63) is 63.0 Å². The fraction of sp³-hybridized carbons (Fsp3) is 0.143. The second-order valence-corrected chi connectivity index (χ2v) is 4.53. The summed E-state index contributed by atoms with van der Waals surface area (Å²) in [4.78, 5) is 23.3. The van der Waals surface area contributed by atoms with Gasteiger partial charge < -0.3 is 14.4 Å². The number of benzene rings is 1. The van der Waals surface area contributed by atoms with Crippen LogP contribution in [-0.2, 0) is 11.3 Å². The van der Waals surface area contributed by atoms with E-state index in [4.69, 9.17) is 11.6 Å². The topological polar surface area (TPSA) is 68.5 Å². The van der Waals surface area contributed by atoms with Crippen LogP contribution in [0.5, 0.6) is 5.75 Å². The highest BCUT2D eigenvalue weighted by Crippen LogP contribution is 2.18. The molecule has 0 aliphatic carbocycles. The zero-order chi connectivity index (χ0) is 14.7. The Morgan fingerprint density at radius 2 is 2.10 bits per heavy atom. The monoisotopic (exact) mass is 293 g/mol. The van der Waals surface area contributed by atoms with E-state index >= 15 is 0 Å². The van der Waals surface area contributed by atoms with Crippen LogP contribution in [-0.4, -0.2) is 22.8 Å². The first-order chi connectivity index (χ1) is 9.52. The van der Waals surface area contributed by atoms with E-state index in [0.29, 0.717) is 5.02 Å². The number of carbonyl (C=O) groups excluding carboxylic acids is 1. The summed E-state index contributed by atoms with van der Waals surface area (Å²) in [5, 5.41) is 10.1.